The van der Waals surface area contributed by atoms with Crippen LogP contribution in [0.2, 0.25) is 0 Å². The summed E-state index contributed by atoms with van der Waals surface area (Å²) in [5.74, 6) is -0.183. The highest BCUT2D eigenvalue weighted by atomic mass is 16.5. The number of nitrogens with zero attached hydrogens (tertiary/aromatic N) is 1. The first-order valence-electron chi connectivity index (χ1n) is 8.41. The Hall–Kier alpha value is -3.02. The summed E-state index contributed by atoms with van der Waals surface area (Å²) in [5.41, 5.74) is 2.05. The van der Waals surface area contributed by atoms with Gasteiger partial charge in [-0.25, -0.2) is 4.79 Å². The second kappa shape index (κ2) is 9.46. The van der Waals surface area contributed by atoms with Crippen LogP contribution < -0.4 is 10.1 Å². The normalized spacial score (nSPS) is 11.5. The molecule has 2 aromatic rings. The number of carboxylic acid groups (broad SMARTS) is 1. The molecule has 2 aromatic carbocycles. The van der Waals surface area contributed by atoms with Gasteiger partial charge in [0.25, 0.3) is 0 Å². The molecule has 1 unspecified atom stereocenters. The molecule has 2 amide bonds. The number of rotatable bonds is 8. The Labute approximate surface area is 153 Å². The lowest BCUT2D eigenvalue weighted by molar-refractivity contribution is -0.137. The SMILES string of the molecule is COc1ccc(C(Cc2ccccc2)NC(=O)N(C)CCC(=O)O)cc1. The Balaban J connectivity index is 2.13. The molecule has 138 valence electrons. The molecule has 2 N–H and O–H groups in total. The minimum atomic E-state index is -0.930. The molecular weight excluding hydrogens is 332 g/mol. The maximum atomic E-state index is 12.4. The fourth-order valence-corrected chi connectivity index (χ4v) is 2.56. The zero-order valence-corrected chi connectivity index (χ0v) is 15.0. The number of carbonyl (C=O) groups excluding carboxylic acids is 1. The number of urea groups is 1. The van der Waals surface area contributed by atoms with E-state index in [2.05, 4.69) is 5.32 Å². The summed E-state index contributed by atoms with van der Waals surface area (Å²) in [6.07, 6.45) is 0.543. The number of hydrogen-bond acceptors (Lipinski definition) is 3. The third kappa shape index (κ3) is 5.81. The lowest BCUT2D eigenvalue weighted by atomic mass is 9.99. The van der Waals surface area contributed by atoms with Crippen LogP contribution in [0.3, 0.4) is 0 Å². The largest absolute Gasteiger partial charge is 0.497 e. The van der Waals surface area contributed by atoms with Crippen molar-refractivity contribution in [3.8, 4) is 5.75 Å². The second-order valence-electron chi connectivity index (χ2n) is 6.03. The molecule has 0 saturated heterocycles. The lowest BCUT2D eigenvalue weighted by Crippen LogP contribution is -2.40. The number of hydrogen-bond donors (Lipinski definition) is 2. The Bertz CT molecular complexity index is 716. The summed E-state index contributed by atoms with van der Waals surface area (Å²) < 4.78 is 5.19. The third-order valence-electron chi connectivity index (χ3n) is 4.11. The zero-order chi connectivity index (χ0) is 18.9. The Morgan fingerprint density at radius 2 is 1.77 bits per heavy atom. The Kier molecular flexibility index (Phi) is 7.02. The van der Waals surface area contributed by atoms with E-state index in [4.69, 9.17) is 9.84 Å². The number of nitrogens with one attached hydrogen (secondary N) is 1. The number of carboxylic acids is 1. The molecule has 0 aliphatic rings. The van der Waals surface area contributed by atoms with Crippen LogP contribution in [-0.4, -0.2) is 42.7 Å². The molecule has 6 heteroatoms. The van der Waals surface area contributed by atoms with E-state index in [0.29, 0.717) is 6.42 Å². The first-order valence-corrected chi connectivity index (χ1v) is 8.41. The van der Waals surface area contributed by atoms with E-state index >= 15 is 0 Å². The number of benzene rings is 2. The molecule has 26 heavy (non-hydrogen) atoms. The maximum Gasteiger partial charge on any atom is 0.317 e. The summed E-state index contributed by atoms with van der Waals surface area (Å²) in [6, 6.07) is 16.9. The number of carbonyl (C=O) groups is 2. The predicted octanol–water partition coefficient (Wildman–Crippen LogP) is 3.10. The molecule has 0 fully saturated rings. The molecule has 0 aromatic heterocycles. The van der Waals surface area contributed by atoms with Crippen LogP contribution in [-0.2, 0) is 11.2 Å². The molecule has 0 spiro atoms. The van der Waals surface area contributed by atoms with Gasteiger partial charge in [0.2, 0.25) is 0 Å². The molecule has 1 atom stereocenters. The summed E-state index contributed by atoms with van der Waals surface area (Å²) >= 11 is 0. The third-order valence-corrected chi connectivity index (χ3v) is 4.11. The number of aliphatic carboxylic acids is 1. The fourth-order valence-electron chi connectivity index (χ4n) is 2.56. The highest BCUT2D eigenvalue weighted by molar-refractivity contribution is 5.75. The molecule has 0 bridgehead atoms. The van der Waals surface area contributed by atoms with Crippen LogP contribution in [0.5, 0.6) is 5.75 Å². The van der Waals surface area contributed by atoms with Gasteiger partial charge in [0.1, 0.15) is 5.75 Å². The minimum absolute atomic E-state index is 0.0875. The zero-order valence-electron chi connectivity index (χ0n) is 15.0. The van der Waals surface area contributed by atoms with Gasteiger partial charge < -0.3 is 20.1 Å². The summed E-state index contributed by atoms with van der Waals surface area (Å²) in [5, 5.41) is 11.8. The van der Waals surface area contributed by atoms with Crippen molar-refractivity contribution in [1.82, 2.24) is 10.2 Å². The van der Waals surface area contributed by atoms with Gasteiger partial charge >= 0.3 is 12.0 Å². The van der Waals surface area contributed by atoms with E-state index in [-0.39, 0.29) is 25.0 Å². The molecule has 0 aliphatic carbocycles. The number of amides is 2. The van der Waals surface area contributed by atoms with Gasteiger partial charge in [0.15, 0.2) is 0 Å². The number of ether oxygens (including phenoxy) is 1. The number of methoxy groups -OCH3 is 1. The summed E-state index contributed by atoms with van der Waals surface area (Å²) in [6.45, 7) is 0.155. The van der Waals surface area contributed by atoms with Crippen molar-refractivity contribution in [1.29, 1.82) is 0 Å². The maximum absolute atomic E-state index is 12.4. The van der Waals surface area contributed by atoms with Crippen LogP contribution in [0.15, 0.2) is 54.6 Å². The monoisotopic (exact) mass is 356 g/mol. The van der Waals surface area contributed by atoms with E-state index in [0.717, 1.165) is 16.9 Å². The quantitative estimate of drug-likeness (QED) is 0.762. The fraction of sp³-hybridized carbons (Fsp3) is 0.300. The molecule has 2 rings (SSSR count). The lowest BCUT2D eigenvalue weighted by Gasteiger charge is -2.24. The highest BCUT2D eigenvalue weighted by Gasteiger charge is 2.18. The summed E-state index contributed by atoms with van der Waals surface area (Å²) in [7, 11) is 3.20. The van der Waals surface area contributed by atoms with Gasteiger partial charge in [-0.1, -0.05) is 42.5 Å². The van der Waals surface area contributed by atoms with Crippen molar-refractivity contribution in [2.75, 3.05) is 20.7 Å². The Morgan fingerprint density at radius 3 is 2.35 bits per heavy atom. The smallest absolute Gasteiger partial charge is 0.317 e. The van der Waals surface area contributed by atoms with Crippen molar-refractivity contribution in [3.05, 3.63) is 65.7 Å². The van der Waals surface area contributed by atoms with Gasteiger partial charge in [0, 0.05) is 13.6 Å². The predicted molar refractivity (Wildman–Crippen MR) is 99.3 cm³/mol. The van der Waals surface area contributed by atoms with Gasteiger partial charge in [-0.05, 0) is 29.7 Å². The van der Waals surface area contributed by atoms with Crippen LogP contribution >= 0.6 is 0 Å². The van der Waals surface area contributed by atoms with Gasteiger partial charge in [-0.15, -0.1) is 0 Å². The van der Waals surface area contributed by atoms with E-state index in [1.54, 1.807) is 14.2 Å². The van der Waals surface area contributed by atoms with Crippen molar-refractivity contribution >= 4 is 12.0 Å². The molecule has 0 radical (unpaired) electrons. The van der Waals surface area contributed by atoms with Crippen LogP contribution in [0.25, 0.3) is 0 Å². The minimum Gasteiger partial charge on any atom is -0.497 e. The average Bonchev–Trinajstić information content (AvgIpc) is 2.66. The van der Waals surface area contributed by atoms with Crippen molar-refractivity contribution in [2.24, 2.45) is 0 Å². The average molecular weight is 356 g/mol. The van der Waals surface area contributed by atoms with Gasteiger partial charge in [0.05, 0.1) is 19.6 Å². The molecule has 0 saturated carbocycles. The van der Waals surface area contributed by atoms with Crippen LogP contribution in [0.1, 0.15) is 23.6 Å². The highest BCUT2D eigenvalue weighted by Crippen LogP contribution is 2.21. The topological polar surface area (TPSA) is 78.9 Å². The van der Waals surface area contributed by atoms with Crippen LogP contribution in [0, 0.1) is 0 Å². The van der Waals surface area contributed by atoms with Crippen molar-refractivity contribution in [2.45, 2.75) is 18.9 Å². The molecule has 0 aliphatic heterocycles. The molecular formula is C20H24N2O4. The van der Waals surface area contributed by atoms with Gasteiger partial charge in [-0.3, -0.25) is 4.79 Å². The standard InChI is InChI=1S/C20H24N2O4/c1-22(13-12-19(23)24)20(25)21-18(14-15-6-4-3-5-7-15)16-8-10-17(26-2)11-9-16/h3-11,18H,12-14H2,1-2H3,(H,21,25)(H,23,24). The summed E-state index contributed by atoms with van der Waals surface area (Å²) in [4.78, 5) is 24.5. The first kappa shape index (κ1) is 19.3. The van der Waals surface area contributed by atoms with E-state index in [1.807, 2.05) is 54.6 Å². The van der Waals surface area contributed by atoms with E-state index in [9.17, 15) is 9.59 Å². The Morgan fingerprint density at radius 1 is 1.12 bits per heavy atom. The van der Waals surface area contributed by atoms with Crippen molar-refractivity contribution < 1.29 is 19.4 Å². The second-order valence-corrected chi connectivity index (χ2v) is 6.03. The molecule has 0 heterocycles. The van der Waals surface area contributed by atoms with E-state index < -0.39 is 5.97 Å². The van der Waals surface area contributed by atoms with Gasteiger partial charge in [-0.2, -0.15) is 0 Å². The van der Waals surface area contributed by atoms with E-state index in [1.165, 1.54) is 4.90 Å². The van der Waals surface area contributed by atoms with Crippen LogP contribution in [0.4, 0.5) is 4.79 Å². The molecule has 6 nitrogen and oxygen atoms in total. The first-order chi connectivity index (χ1) is 12.5. The van der Waals surface area contributed by atoms with Crippen molar-refractivity contribution in [3.63, 3.8) is 0 Å².